The van der Waals surface area contributed by atoms with Crippen molar-refractivity contribution in [3.05, 3.63) is 60.2 Å². The minimum absolute atomic E-state index is 0.0593. The number of anilines is 2. The maximum atomic E-state index is 12.3. The molecule has 0 heterocycles. The molecule has 0 aliphatic heterocycles. The third-order valence-corrected chi connectivity index (χ3v) is 6.87. The molecule has 1 amide bonds. The van der Waals surface area contributed by atoms with E-state index in [2.05, 4.69) is 41.3 Å². The normalized spacial score (nSPS) is 20.3. The second kappa shape index (κ2) is 10.1. The molecule has 1 unspecified atom stereocenters. The van der Waals surface area contributed by atoms with Crippen molar-refractivity contribution in [2.75, 3.05) is 16.4 Å². The molecule has 2 aromatic carbocycles. The van der Waals surface area contributed by atoms with E-state index < -0.39 is 21.7 Å². The van der Waals surface area contributed by atoms with E-state index in [1.165, 1.54) is 5.56 Å². The third-order valence-electron chi connectivity index (χ3n) is 5.53. The Morgan fingerprint density at radius 1 is 0.967 bits per heavy atom. The van der Waals surface area contributed by atoms with Gasteiger partial charge in [0.25, 0.3) is 0 Å². The number of benzene rings is 2. The summed E-state index contributed by atoms with van der Waals surface area (Å²) in [6.07, 6.45) is 3.70. The predicted molar refractivity (Wildman–Crippen MR) is 122 cm³/mol. The first kappa shape index (κ1) is 22.3. The lowest BCUT2D eigenvalue weighted by Gasteiger charge is -2.26. The van der Waals surface area contributed by atoms with Crippen LogP contribution in [-0.4, -0.2) is 26.1 Å². The summed E-state index contributed by atoms with van der Waals surface area (Å²) < 4.78 is 27.3. The van der Waals surface area contributed by atoms with Crippen molar-refractivity contribution in [1.29, 1.82) is 0 Å². The molecule has 1 fully saturated rings. The number of nitrogens with one attached hydrogen (secondary N) is 3. The molecule has 2 aromatic rings. The second-order valence-electron chi connectivity index (χ2n) is 8.24. The van der Waals surface area contributed by atoms with E-state index in [4.69, 9.17) is 0 Å². The maximum absolute atomic E-state index is 12.3. The summed E-state index contributed by atoms with van der Waals surface area (Å²) in [5.41, 5.74) is 2.67. The first-order valence-electron chi connectivity index (χ1n) is 10.5. The van der Waals surface area contributed by atoms with Gasteiger partial charge in [0.2, 0.25) is 15.9 Å². The van der Waals surface area contributed by atoms with Crippen LogP contribution in [0.1, 0.15) is 51.1 Å². The highest BCUT2D eigenvalue weighted by Crippen LogP contribution is 2.24. The van der Waals surface area contributed by atoms with Crippen molar-refractivity contribution >= 4 is 27.3 Å². The Hall–Kier alpha value is -2.38. The van der Waals surface area contributed by atoms with E-state index in [-0.39, 0.29) is 12.1 Å². The molecule has 6 nitrogen and oxygen atoms in total. The monoisotopic (exact) mass is 429 g/mol. The Morgan fingerprint density at radius 3 is 2.20 bits per heavy atom. The fourth-order valence-corrected chi connectivity index (χ4v) is 5.01. The van der Waals surface area contributed by atoms with Crippen LogP contribution >= 0.6 is 0 Å². The lowest BCUT2D eigenvalue weighted by molar-refractivity contribution is -0.113. The topological polar surface area (TPSA) is 87.3 Å². The van der Waals surface area contributed by atoms with Gasteiger partial charge in [0.15, 0.2) is 0 Å². The summed E-state index contributed by atoms with van der Waals surface area (Å²) in [7, 11) is -3.65. The molecule has 3 rings (SSSR count). The minimum Gasteiger partial charge on any atom is -0.379 e. The molecule has 3 N–H and O–H groups in total. The molecule has 1 aliphatic rings. The molecule has 162 valence electrons. The Morgan fingerprint density at radius 2 is 1.57 bits per heavy atom. The Bertz CT molecular complexity index is 922. The molecular weight excluding hydrogens is 398 g/mol. The lowest BCUT2D eigenvalue weighted by atomic mass is 9.88. The van der Waals surface area contributed by atoms with Gasteiger partial charge in [0.05, 0.1) is 0 Å². The van der Waals surface area contributed by atoms with Crippen molar-refractivity contribution < 1.29 is 13.2 Å². The Kier molecular flexibility index (Phi) is 7.50. The lowest BCUT2D eigenvalue weighted by Crippen LogP contribution is -2.41. The summed E-state index contributed by atoms with van der Waals surface area (Å²) in [6.45, 7) is 4.26. The largest absolute Gasteiger partial charge is 0.379 e. The van der Waals surface area contributed by atoms with Crippen LogP contribution in [0.2, 0.25) is 0 Å². The van der Waals surface area contributed by atoms with Gasteiger partial charge < -0.3 is 10.6 Å². The van der Waals surface area contributed by atoms with Gasteiger partial charge in [-0.05, 0) is 68.4 Å². The van der Waals surface area contributed by atoms with Crippen molar-refractivity contribution in [2.45, 2.75) is 51.6 Å². The molecule has 1 atom stereocenters. The second-order valence-corrected chi connectivity index (χ2v) is 9.99. The van der Waals surface area contributed by atoms with E-state index in [0.717, 1.165) is 31.4 Å². The Labute approximate surface area is 179 Å². The van der Waals surface area contributed by atoms with Gasteiger partial charge in [-0.15, -0.1) is 0 Å². The van der Waals surface area contributed by atoms with E-state index in [0.29, 0.717) is 11.6 Å². The highest BCUT2D eigenvalue weighted by Gasteiger charge is 2.24. The number of rotatable bonds is 8. The number of hydrogen-bond acceptors (Lipinski definition) is 4. The molecule has 0 aromatic heterocycles. The van der Waals surface area contributed by atoms with Gasteiger partial charge in [-0.2, -0.15) is 0 Å². The number of amides is 1. The predicted octanol–water partition coefficient (Wildman–Crippen LogP) is 4.30. The van der Waals surface area contributed by atoms with Crippen molar-refractivity contribution in [2.24, 2.45) is 5.92 Å². The van der Waals surface area contributed by atoms with Gasteiger partial charge in [0.1, 0.15) is 5.75 Å². The molecule has 0 saturated heterocycles. The van der Waals surface area contributed by atoms with Crippen LogP contribution in [0.15, 0.2) is 54.6 Å². The minimum atomic E-state index is -3.65. The summed E-state index contributed by atoms with van der Waals surface area (Å²) in [6, 6.07) is 17.5. The van der Waals surface area contributed by atoms with E-state index >= 15 is 0 Å². The standard InChI is InChI=1S/C23H31N3O3S/c1-17-8-10-22(11-9-17)26-30(28,29)16-23(27)25-21-14-12-20(13-15-21)24-18(2)19-6-4-3-5-7-19/h3-7,12-15,17-18,22,24,26H,8-11,16H2,1-2H3,(H,25,27). The van der Waals surface area contributed by atoms with E-state index in [1.807, 2.05) is 30.3 Å². The number of carbonyl (C=O) groups is 1. The molecule has 30 heavy (non-hydrogen) atoms. The van der Waals surface area contributed by atoms with E-state index in [9.17, 15) is 13.2 Å². The first-order valence-corrected chi connectivity index (χ1v) is 12.2. The summed E-state index contributed by atoms with van der Waals surface area (Å²) in [5.74, 6) is -0.461. The smallest absolute Gasteiger partial charge is 0.240 e. The molecule has 0 radical (unpaired) electrons. The van der Waals surface area contributed by atoms with Crippen LogP contribution in [0.3, 0.4) is 0 Å². The third kappa shape index (κ3) is 6.85. The Balaban J connectivity index is 1.49. The van der Waals surface area contributed by atoms with Gasteiger partial charge in [-0.1, -0.05) is 37.3 Å². The number of hydrogen-bond donors (Lipinski definition) is 3. The quantitative estimate of drug-likeness (QED) is 0.584. The van der Waals surface area contributed by atoms with Crippen molar-refractivity contribution in [3.8, 4) is 0 Å². The SMILES string of the molecule is CC1CCC(NS(=O)(=O)CC(=O)Nc2ccc(NC(C)c3ccccc3)cc2)CC1. The number of carbonyl (C=O) groups excluding carboxylic acids is 1. The zero-order valence-corrected chi connectivity index (χ0v) is 18.4. The van der Waals surface area contributed by atoms with Crippen molar-refractivity contribution in [1.82, 2.24) is 4.72 Å². The van der Waals surface area contributed by atoms with Gasteiger partial charge in [-0.3, -0.25) is 4.79 Å². The summed E-state index contributed by atoms with van der Waals surface area (Å²) in [5, 5.41) is 6.08. The van der Waals surface area contributed by atoms with E-state index in [1.54, 1.807) is 12.1 Å². The zero-order valence-electron chi connectivity index (χ0n) is 17.6. The van der Waals surface area contributed by atoms with Gasteiger partial charge in [-0.25, -0.2) is 13.1 Å². The van der Waals surface area contributed by atoms with Crippen LogP contribution in [0, 0.1) is 5.92 Å². The summed E-state index contributed by atoms with van der Waals surface area (Å²) >= 11 is 0. The molecule has 1 saturated carbocycles. The molecule has 7 heteroatoms. The average molecular weight is 430 g/mol. The van der Waals surface area contributed by atoms with Crippen LogP contribution < -0.4 is 15.4 Å². The van der Waals surface area contributed by atoms with Crippen LogP contribution in [0.5, 0.6) is 0 Å². The van der Waals surface area contributed by atoms with Crippen LogP contribution in [-0.2, 0) is 14.8 Å². The highest BCUT2D eigenvalue weighted by molar-refractivity contribution is 7.90. The van der Waals surface area contributed by atoms with Crippen LogP contribution in [0.4, 0.5) is 11.4 Å². The number of sulfonamides is 1. The average Bonchev–Trinajstić information content (AvgIpc) is 2.71. The molecule has 0 bridgehead atoms. The molecular formula is C23H31N3O3S. The zero-order chi connectivity index (χ0) is 21.6. The highest BCUT2D eigenvalue weighted by atomic mass is 32.2. The van der Waals surface area contributed by atoms with Gasteiger partial charge in [0, 0.05) is 23.5 Å². The maximum Gasteiger partial charge on any atom is 0.240 e. The van der Waals surface area contributed by atoms with Crippen LogP contribution in [0.25, 0.3) is 0 Å². The fraction of sp³-hybridized carbons (Fsp3) is 0.435. The molecule has 1 aliphatic carbocycles. The fourth-order valence-electron chi connectivity index (χ4n) is 3.77. The van der Waals surface area contributed by atoms with Crippen molar-refractivity contribution in [3.63, 3.8) is 0 Å². The first-order chi connectivity index (χ1) is 14.3. The summed E-state index contributed by atoms with van der Waals surface area (Å²) in [4.78, 5) is 12.2. The molecule has 0 spiro atoms. The van der Waals surface area contributed by atoms with Gasteiger partial charge >= 0.3 is 0 Å².